The van der Waals surface area contributed by atoms with E-state index in [9.17, 15) is 33.3 Å². The molecule has 0 saturated carbocycles. The number of furan rings is 1. The first-order valence-electron chi connectivity index (χ1n) is 9.14. The van der Waals surface area contributed by atoms with Gasteiger partial charge in [-0.3, -0.25) is 14.9 Å². The van der Waals surface area contributed by atoms with Gasteiger partial charge in [-0.15, -0.1) is 0 Å². The Kier molecular flexibility index (Phi) is 6.55. The molecule has 3 rings (SSSR count). The molecule has 0 fully saturated rings. The fraction of sp³-hybridized carbons (Fsp3) is 0.0909. The number of benzene rings is 2. The van der Waals surface area contributed by atoms with Gasteiger partial charge in [0.15, 0.2) is 0 Å². The predicted octanol–water partition coefficient (Wildman–Crippen LogP) is 6.38. The van der Waals surface area contributed by atoms with Gasteiger partial charge in [-0.25, -0.2) is 0 Å². The van der Waals surface area contributed by atoms with E-state index in [0.717, 1.165) is 18.2 Å². The zero-order valence-corrected chi connectivity index (χ0v) is 17.5. The third-order valence-electron chi connectivity index (χ3n) is 4.42. The van der Waals surface area contributed by atoms with E-state index >= 15 is 0 Å². The number of hydrogen-bond acceptors (Lipinski definition) is 5. The number of nitrogens with one attached hydrogen (secondary N) is 1. The van der Waals surface area contributed by atoms with Crippen molar-refractivity contribution in [3.8, 4) is 17.4 Å². The summed E-state index contributed by atoms with van der Waals surface area (Å²) in [7, 11) is 0. The molecule has 2 aromatic carbocycles. The number of halogens is 4. The van der Waals surface area contributed by atoms with Gasteiger partial charge in [-0.1, -0.05) is 17.7 Å². The molecule has 33 heavy (non-hydrogen) atoms. The molecule has 1 N–H and O–H groups in total. The number of alkyl halides is 3. The van der Waals surface area contributed by atoms with Crippen LogP contribution < -0.4 is 5.32 Å². The third kappa shape index (κ3) is 5.39. The molecule has 168 valence electrons. The van der Waals surface area contributed by atoms with Crippen LogP contribution in [-0.2, 0) is 11.0 Å². The van der Waals surface area contributed by atoms with Gasteiger partial charge in [0.2, 0.25) is 0 Å². The van der Waals surface area contributed by atoms with E-state index in [1.54, 1.807) is 19.1 Å². The fourth-order valence-corrected chi connectivity index (χ4v) is 3.11. The Morgan fingerprint density at radius 2 is 1.94 bits per heavy atom. The third-order valence-corrected chi connectivity index (χ3v) is 4.75. The van der Waals surface area contributed by atoms with E-state index in [1.807, 2.05) is 0 Å². The number of aryl methyl sites for hydroxylation is 1. The fourth-order valence-electron chi connectivity index (χ4n) is 2.89. The molecule has 1 heterocycles. The van der Waals surface area contributed by atoms with Crippen LogP contribution in [0.1, 0.15) is 16.9 Å². The van der Waals surface area contributed by atoms with Gasteiger partial charge in [-0.05, 0) is 48.9 Å². The Morgan fingerprint density at radius 3 is 2.58 bits per heavy atom. The highest BCUT2D eigenvalue weighted by atomic mass is 35.5. The highest BCUT2D eigenvalue weighted by Crippen LogP contribution is 2.36. The van der Waals surface area contributed by atoms with Crippen molar-refractivity contribution >= 4 is 35.0 Å². The smallest absolute Gasteiger partial charge is 0.417 e. The summed E-state index contributed by atoms with van der Waals surface area (Å²) in [6, 6.07) is 11.8. The Bertz CT molecular complexity index is 1320. The molecule has 0 aliphatic heterocycles. The Labute approximate surface area is 189 Å². The molecular weight excluding hydrogens is 463 g/mol. The van der Waals surface area contributed by atoms with Crippen LogP contribution in [0.2, 0.25) is 5.02 Å². The average molecular weight is 476 g/mol. The molecule has 11 heteroatoms. The van der Waals surface area contributed by atoms with Gasteiger partial charge in [0.1, 0.15) is 23.2 Å². The minimum atomic E-state index is -4.73. The van der Waals surface area contributed by atoms with Gasteiger partial charge in [0.05, 0.1) is 21.1 Å². The highest BCUT2D eigenvalue weighted by molar-refractivity contribution is 6.31. The summed E-state index contributed by atoms with van der Waals surface area (Å²) in [5.74, 6) is -0.802. The van der Waals surface area contributed by atoms with E-state index in [-0.39, 0.29) is 28.5 Å². The van der Waals surface area contributed by atoms with Crippen LogP contribution in [0.4, 0.5) is 24.5 Å². The van der Waals surface area contributed by atoms with E-state index in [0.29, 0.717) is 11.6 Å². The molecule has 0 unspecified atom stereocenters. The van der Waals surface area contributed by atoms with Crippen LogP contribution in [-0.4, -0.2) is 10.8 Å². The quantitative estimate of drug-likeness (QED) is 0.199. The standard InChI is InChI=1S/C22H13ClF3N3O4/c1-12-2-5-16(19(8-12)29(31)32)20-7-4-15(33-20)9-13(11-27)21(30)28-14-3-6-18(23)17(10-14)22(24,25)26/h2-10H,1H3,(H,28,30). The first-order valence-corrected chi connectivity index (χ1v) is 9.52. The van der Waals surface area contributed by atoms with Crippen LogP contribution in [0.15, 0.2) is 58.5 Å². The number of nitriles is 1. The number of nitro benzene ring substituents is 1. The van der Waals surface area contributed by atoms with Crippen LogP contribution in [0.5, 0.6) is 0 Å². The normalized spacial score (nSPS) is 11.7. The van der Waals surface area contributed by atoms with E-state index < -0.39 is 33.2 Å². The molecule has 3 aromatic rings. The summed E-state index contributed by atoms with van der Waals surface area (Å²) in [5.41, 5.74) is -1.11. The number of nitro groups is 1. The van der Waals surface area contributed by atoms with Crippen LogP contribution in [0.25, 0.3) is 17.4 Å². The highest BCUT2D eigenvalue weighted by Gasteiger charge is 2.33. The SMILES string of the molecule is Cc1ccc(-c2ccc(C=C(C#N)C(=O)Nc3ccc(Cl)c(C(F)(F)F)c3)o2)c([N+](=O)[O-])c1. The molecule has 0 saturated heterocycles. The Hall–Kier alpha value is -4.10. The number of amides is 1. The first kappa shape index (κ1) is 23.6. The second-order valence-corrected chi connectivity index (χ2v) is 7.20. The van der Waals surface area contributed by atoms with Crippen molar-refractivity contribution in [1.29, 1.82) is 5.26 Å². The minimum Gasteiger partial charge on any atom is -0.456 e. The Morgan fingerprint density at radius 1 is 1.21 bits per heavy atom. The maximum absolute atomic E-state index is 13.0. The summed E-state index contributed by atoms with van der Waals surface area (Å²) in [6.07, 6.45) is -3.66. The van der Waals surface area contributed by atoms with Crippen molar-refractivity contribution in [3.05, 3.63) is 86.1 Å². The molecule has 0 atom stereocenters. The summed E-state index contributed by atoms with van der Waals surface area (Å²) in [4.78, 5) is 23.2. The monoisotopic (exact) mass is 475 g/mol. The summed E-state index contributed by atoms with van der Waals surface area (Å²) in [6.45, 7) is 1.70. The predicted molar refractivity (Wildman–Crippen MR) is 114 cm³/mol. The molecule has 0 bridgehead atoms. The first-order chi connectivity index (χ1) is 15.5. The lowest BCUT2D eigenvalue weighted by molar-refractivity contribution is -0.384. The second-order valence-electron chi connectivity index (χ2n) is 6.80. The number of nitrogens with zero attached hydrogens (tertiary/aromatic N) is 2. The lowest BCUT2D eigenvalue weighted by atomic mass is 10.1. The van der Waals surface area contributed by atoms with Gasteiger partial charge in [0, 0.05) is 17.8 Å². The van der Waals surface area contributed by atoms with E-state index in [1.165, 1.54) is 24.3 Å². The molecule has 7 nitrogen and oxygen atoms in total. The number of anilines is 1. The summed E-state index contributed by atoms with van der Waals surface area (Å²) in [5, 5.41) is 22.3. The van der Waals surface area contributed by atoms with Crippen molar-refractivity contribution in [3.63, 3.8) is 0 Å². The molecule has 0 aliphatic carbocycles. The van der Waals surface area contributed by atoms with Crippen molar-refractivity contribution in [1.82, 2.24) is 0 Å². The van der Waals surface area contributed by atoms with E-state index in [2.05, 4.69) is 5.32 Å². The van der Waals surface area contributed by atoms with Crippen molar-refractivity contribution < 1.29 is 27.3 Å². The topological polar surface area (TPSA) is 109 Å². The van der Waals surface area contributed by atoms with Crippen molar-refractivity contribution in [2.45, 2.75) is 13.1 Å². The summed E-state index contributed by atoms with van der Waals surface area (Å²) >= 11 is 5.56. The zero-order valence-electron chi connectivity index (χ0n) is 16.7. The van der Waals surface area contributed by atoms with Crippen molar-refractivity contribution in [2.75, 3.05) is 5.32 Å². The van der Waals surface area contributed by atoms with Crippen LogP contribution in [0.3, 0.4) is 0 Å². The number of carbonyl (C=O) groups excluding carboxylic acids is 1. The van der Waals surface area contributed by atoms with Crippen LogP contribution >= 0.6 is 11.6 Å². The Balaban J connectivity index is 1.87. The number of carbonyl (C=O) groups is 1. The van der Waals surface area contributed by atoms with Crippen LogP contribution in [0, 0.1) is 28.4 Å². The lowest BCUT2D eigenvalue weighted by Gasteiger charge is -2.11. The lowest BCUT2D eigenvalue weighted by Crippen LogP contribution is -2.14. The number of hydrogen-bond donors (Lipinski definition) is 1. The minimum absolute atomic E-state index is 0.0404. The maximum atomic E-state index is 13.0. The molecule has 0 spiro atoms. The van der Waals surface area contributed by atoms with E-state index in [4.69, 9.17) is 16.0 Å². The number of rotatable bonds is 5. The molecular formula is C22H13ClF3N3O4. The largest absolute Gasteiger partial charge is 0.456 e. The average Bonchev–Trinajstić information content (AvgIpc) is 3.20. The van der Waals surface area contributed by atoms with Gasteiger partial charge in [0.25, 0.3) is 11.6 Å². The molecule has 1 amide bonds. The maximum Gasteiger partial charge on any atom is 0.417 e. The molecule has 0 radical (unpaired) electrons. The second kappa shape index (κ2) is 9.18. The molecule has 1 aromatic heterocycles. The van der Waals surface area contributed by atoms with Gasteiger partial charge < -0.3 is 9.73 Å². The van der Waals surface area contributed by atoms with Crippen molar-refractivity contribution in [2.24, 2.45) is 0 Å². The van der Waals surface area contributed by atoms with Gasteiger partial charge in [-0.2, -0.15) is 18.4 Å². The molecule has 0 aliphatic rings. The zero-order chi connectivity index (χ0) is 24.3. The summed E-state index contributed by atoms with van der Waals surface area (Å²) < 4.78 is 44.6. The van der Waals surface area contributed by atoms with Gasteiger partial charge >= 0.3 is 6.18 Å².